The number of aryl methyl sites for hydroxylation is 1. The van der Waals surface area contributed by atoms with E-state index in [4.69, 9.17) is 5.11 Å². The Morgan fingerprint density at radius 3 is 2.75 bits per heavy atom. The van der Waals surface area contributed by atoms with Crippen molar-refractivity contribution in [3.8, 4) is 0 Å². The van der Waals surface area contributed by atoms with Gasteiger partial charge in [-0.3, -0.25) is 0 Å². The smallest absolute Gasteiger partial charge is 0.212 e. The molecule has 2 rings (SSSR count). The van der Waals surface area contributed by atoms with E-state index in [9.17, 15) is 5.11 Å². The number of nitrogens with zero attached hydrogens (tertiary/aromatic N) is 1. The molecule has 0 saturated heterocycles. The highest BCUT2D eigenvalue weighted by Crippen LogP contribution is 2.13. The summed E-state index contributed by atoms with van der Waals surface area (Å²) in [6.45, 7) is 2.27. The minimum absolute atomic E-state index is 0.213. The van der Waals surface area contributed by atoms with Crippen molar-refractivity contribution in [2.24, 2.45) is 0 Å². The predicted octanol–water partition coefficient (Wildman–Crippen LogP) is 0.789. The van der Waals surface area contributed by atoms with Gasteiger partial charge < -0.3 is 10.2 Å². The molecule has 0 unspecified atom stereocenters. The van der Waals surface area contributed by atoms with Gasteiger partial charge in [-0.2, -0.15) is 4.57 Å². The number of fused-ring (bicyclic) bond motifs is 1. The lowest BCUT2D eigenvalue weighted by Gasteiger charge is -2.06. The molecule has 3 nitrogen and oxygen atoms in total. The van der Waals surface area contributed by atoms with Gasteiger partial charge in [-0.05, 0) is 18.6 Å². The molecule has 2 aromatic rings. The minimum atomic E-state index is -0.712. The first-order valence-electron chi connectivity index (χ1n) is 5.39. The van der Waals surface area contributed by atoms with Crippen molar-refractivity contribution in [3.05, 3.63) is 42.1 Å². The number of benzene rings is 1. The van der Waals surface area contributed by atoms with E-state index in [1.54, 1.807) is 0 Å². The molecule has 0 aliphatic carbocycles. The van der Waals surface area contributed by atoms with Crippen molar-refractivity contribution in [3.63, 3.8) is 0 Å². The molecule has 3 heteroatoms. The molecule has 2 N–H and O–H groups in total. The zero-order valence-electron chi connectivity index (χ0n) is 9.30. The fraction of sp³-hybridized carbons (Fsp3) is 0.308. The average molecular weight is 218 g/mol. The van der Waals surface area contributed by atoms with Crippen molar-refractivity contribution in [2.75, 3.05) is 6.61 Å². The summed E-state index contributed by atoms with van der Waals surface area (Å²) in [5.74, 6) is 0. The Bertz CT molecular complexity index is 496. The van der Waals surface area contributed by atoms with Crippen LogP contribution in [0.4, 0.5) is 0 Å². The second-order valence-electron chi connectivity index (χ2n) is 4.00. The first kappa shape index (κ1) is 11.0. The van der Waals surface area contributed by atoms with Crippen LogP contribution in [-0.4, -0.2) is 22.9 Å². The molecule has 0 radical (unpaired) electrons. The van der Waals surface area contributed by atoms with Gasteiger partial charge in [-0.1, -0.05) is 12.1 Å². The maximum Gasteiger partial charge on any atom is 0.212 e. The van der Waals surface area contributed by atoms with E-state index >= 15 is 0 Å². The number of rotatable bonds is 3. The van der Waals surface area contributed by atoms with Crippen molar-refractivity contribution in [1.82, 2.24) is 0 Å². The van der Waals surface area contributed by atoms with Crippen molar-refractivity contribution in [1.29, 1.82) is 0 Å². The van der Waals surface area contributed by atoms with Crippen LogP contribution in [0.5, 0.6) is 0 Å². The summed E-state index contributed by atoms with van der Waals surface area (Å²) in [6, 6.07) is 10.1. The number of hydrogen-bond donors (Lipinski definition) is 2. The zero-order valence-corrected chi connectivity index (χ0v) is 9.30. The molecule has 1 atom stereocenters. The van der Waals surface area contributed by atoms with Crippen LogP contribution in [0.1, 0.15) is 5.56 Å². The van der Waals surface area contributed by atoms with Crippen LogP contribution in [0, 0.1) is 6.92 Å². The fourth-order valence-corrected chi connectivity index (χ4v) is 1.87. The predicted molar refractivity (Wildman–Crippen MR) is 62.0 cm³/mol. The Morgan fingerprint density at radius 2 is 2.00 bits per heavy atom. The van der Waals surface area contributed by atoms with Crippen LogP contribution in [-0.2, 0) is 6.54 Å². The molecule has 0 fully saturated rings. The number of aliphatic hydroxyl groups excluding tert-OH is 2. The molecule has 0 aliphatic rings. The summed E-state index contributed by atoms with van der Waals surface area (Å²) in [5, 5.41) is 19.5. The summed E-state index contributed by atoms with van der Waals surface area (Å²) in [6.07, 6.45) is 1.23. The topological polar surface area (TPSA) is 44.3 Å². The molecule has 1 aromatic carbocycles. The molecular weight excluding hydrogens is 202 g/mol. The van der Waals surface area contributed by atoms with Gasteiger partial charge in [0.05, 0.1) is 6.61 Å². The van der Waals surface area contributed by atoms with Gasteiger partial charge in [-0.15, -0.1) is 0 Å². The van der Waals surface area contributed by atoms with Crippen LogP contribution < -0.4 is 4.57 Å². The fourth-order valence-electron chi connectivity index (χ4n) is 1.87. The van der Waals surface area contributed by atoms with E-state index < -0.39 is 6.10 Å². The van der Waals surface area contributed by atoms with E-state index in [-0.39, 0.29) is 6.61 Å². The molecule has 0 bridgehead atoms. The molecule has 0 amide bonds. The Kier molecular flexibility index (Phi) is 3.17. The van der Waals surface area contributed by atoms with Crippen molar-refractivity contribution in [2.45, 2.75) is 19.6 Å². The molecule has 1 aromatic heterocycles. The van der Waals surface area contributed by atoms with Crippen LogP contribution in [0.2, 0.25) is 0 Å². The Balaban J connectivity index is 2.50. The molecule has 0 aliphatic heterocycles. The number of aromatic nitrogens is 1. The third-order valence-electron chi connectivity index (χ3n) is 2.76. The Morgan fingerprint density at radius 1 is 1.25 bits per heavy atom. The summed E-state index contributed by atoms with van der Waals surface area (Å²) < 4.78 is 1.96. The van der Waals surface area contributed by atoms with Gasteiger partial charge in [0, 0.05) is 17.5 Å². The molecular formula is C13H16NO2+. The van der Waals surface area contributed by atoms with E-state index in [0.29, 0.717) is 6.54 Å². The lowest BCUT2D eigenvalue weighted by molar-refractivity contribution is -0.678. The van der Waals surface area contributed by atoms with Gasteiger partial charge in [-0.25, -0.2) is 0 Å². The number of aliphatic hydroxyl groups is 2. The number of hydrogen-bond acceptors (Lipinski definition) is 2. The normalized spacial score (nSPS) is 12.9. The first-order chi connectivity index (χ1) is 7.72. The third kappa shape index (κ3) is 2.05. The van der Waals surface area contributed by atoms with Gasteiger partial charge in [0.25, 0.3) is 0 Å². The van der Waals surface area contributed by atoms with Crippen LogP contribution in [0.3, 0.4) is 0 Å². The molecule has 84 valence electrons. The standard InChI is InChI=1S/C13H16NO2/c1-10-6-7-14(8-11(16)9-15)13-5-3-2-4-12(10)13/h2-7,11,15-16H,8-9H2,1H3/q+1/t11-/m1/s1. The minimum Gasteiger partial charge on any atom is -0.393 e. The highest BCUT2D eigenvalue weighted by molar-refractivity contribution is 5.78. The number of pyridine rings is 1. The van der Waals surface area contributed by atoms with E-state index in [1.165, 1.54) is 10.9 Å². The largest absolute Gasteiger partial charge is 0.393 e. The second-order valence-corrected chi connectivity index (χ2v) is 4.00. The van der Waals surface area contributed by atoms with Crippen molar-refractivity contribution >= 4 is 10.9 Å². The van der Waals surface area contributed by atoms with E-state index in [2.05, 4.69) is 13.0 Å². The Labute approximate surface area is 94.6 Å². The van der Waals surface area contributed by atoms with E-state index in [0.717, 1.165) is 5.52 Å². The summed E-state index contributed by atoms with van der Waals surface area (Å²) >= 11 is 0. The maximum absolute atomic E-state index is 9.47. The second kappa shape index (κ2) is 4.60. The van der Waals surface area contributed by atoms with Gasteiger partial charge >= 0.3 is 0 Å². The van der Waals surface area contributed by atoms with Gasteiger partial charge in [0.15, 0.2) is 12.7 Å². The highest BCUT2D eigenvalue weighted by Gasteiger charge is 2.14. The molecule has 1 heterocycles. The lowest BCUT2D eigenvalue weighted by atomic mass is 10.1. The van der Waals surface area contributed by atoms with Crippen LogP contribution in [0.25, 0.3) is 10.9 Å². The van der Waals surface area contributed by atoms with Crippen LogP contribution >= 0.6 is 0 Å². The average Bonchev–Trinajstić information content (AvgIpc) is 2.33. The zero-order chi connectivity index (χ0) is 11.5. The Hall–Kier alpha value is -1.45. The quantitative estimate of drug-likeness (QED) is 0.748. The van der Waals surface area contributed by atoms with E-state index in [1.807, 2.05) is 35.0 Å². The van der Waals surface area contributed by atoms with Crippen molar-refractivity contribution < 1.29 is 14.8 Å². The molecule has 0 spiro atoms. The highest BCUT2D eigenvalue weighted by atomic mass is 16.3. The van der Waals surface area contributed by atoms with Crippen LogP contribution in [0.15, 0.2) is 36.5 Å². The first-order valence-corrected chi connectivity index (χ1v) is 5.39. The SMILES string of the molecule is Cc1cc[n+](C[C@@H](O)CO)c2ccccc12. The lowest BCUT2D eigenvalue weighted by Crippen LogP contribution is -2.41. The third-order valence-corrected chi connectivity index (χ3v) is 2.76. The van der Waals surface area contributed by atoms with Gasteiger partial charge in [0.2, 0.25) is 5.52 Å². The summed E-state index contributed by atoms with van der Waals surface area (Å²) in [7, 11) is 0. The monoisotopic (exact) mass is 218 g/mol. The summed E-state index contributed by atoms with van der Waals surface area (Å²) in [4.78, 5) is 0. The molecule has 16 heavy (non-hydrogen) atoms. The number of para-hydroxylation sites is 1. The maximum atomic E-state index is 9.47. The van der Waals surface area contributed by atoms with Gasteiger partial charge in [0.1, 0.15) is 6.10 Å². The molecule has 0 saturated carbocycles. The summed E-state index contributed by atoms with van der Waals surface area (Å²) in [5.41, 5.74) is 2.29.